The lowest BCUT2D eigenvalue weighted by atomic mass is 10.2. The predicted octanol–water partition coefficient (Wildman–Crippen LogP) is 3.18. The fourth-order valence-corrected chi connectivity index (χ4v) is 2.36. The topological polar surface area (TPSA) is 55.4 Å². The molecule has 88 valence electrons. The largest absolute Gasteiger partial charge is 0.444 e. The number of hydrogen-bond donors (Lipinski definition) is 1. The van der Waals surface area contributed by atoms with Gasteiger partial charge in [0.05, 0.1) is 5.56 Å². The average Bonchev–Trinajstić information content (AvgIpc) is 2.47. The Kier molecular flexibility index (Phi) is 4.09. The maximum absolute atomic E-state index is 11.6. The first-order valence-electron chi connectivity index (χ1n) is 4.55. The van der Waals surface area contributed by atoms with Gasteiger partial charge in [-0.1, -0.05) is 0 Å². The number of amides is 2. The van der Waals surface area contributed by atoms with Gasteiger partial charge in [-0.15, -0.1) is 0 Å². The lowest BCUT2D eigenvalue weighted by Crippen LogP contribution is -2.36. The number of thiophene rings is 1. The second-order valence-electron chi connectivity index (χ2n) is 4.09. The van der Waals surface area contributed by atoms with Gasteiger partial charge in [0.2, 0.25) is 0 Å². The molecule has 0 aliphatic heterocycles. The quantitative estimate of drug-likeness (QED) is 0.867. The number of hydrogen-bond acceptors (Lipinski definition) is 4. The van der Waals surface area contributed by atoms with Crippen LogP contribution in [0.4, 0.5) is 4.79 Å². The van der Waals surface area contributed by atoms with E-state index < -0.39 is 17.6 Å². The minimum Gasteiger partial charge on any atom is -0.444 e. The van der Waals surface area contributed by atoms with Crippen LogP contribution in [0.1, 0.15) is 31.1 Å². The summed E-state index contributed by atoms with van der Waals surface area (Å²) in [6.45, 7) is 5.20. The number of carbonyl (C=O) groups excluding carboxylic acids is 2. The van der Waals surface area contributed by atoms with E-state index in [0.29, 0.717) is 10.0 Å². The van der Waals surface area contributed by atoms with Crippen molar-refractivity contribution in [2.75, 3.05) is 0 Å². The highest BCUT2D eigenvalue weighted by Crippen LogP contribution is 2.21. The zero-order valence-corrected chi connectivity index (χ0v) is 11.6. The summed E-state index contributed by atoms with van der Waals surface area (Å²) in [5, 5.41) is 5.58. The molecule has 1 heterocycles. The van der Waals surface area contributed by atoms with E-state index in [1.54, 1.807) is 31.5 Å². The molecule has 0 saturated heterocycles. The van der Waals surface area contributed by atoms with Gasteiger partial charge in [0, 0.05) is 15.2 Å². The van der Waals surface area contributed by atoms with Gasteiger partial charge in [-0.05, 0) is 36.7 Å². The van der Waals surface area contributed by atoms with Gasteiger partial charge in [-0.3, -0.25) is 10.1 Å². The zero-order chi connectivity index (χ0) is 12.3. The molecule has 1 N–H and O–H groups in total. The minimum absolute atomic E-state index is 0.427. The van der Waals surface area contributed by atoms with Crippen LogP contribution < -0.4 is 5.32 Å². The van der Waals surface area contributed by atoms with E-state index >= 15 is 0 Å². The summed E-state index contributed by atoms with van der Waals surface area (Å²) in [5.74, 6) is -0.470. The normalized spacial score (nSPS) is 11.0. The van der Waals surface area contributed by atoms with Crippen LogP contribution in [0.25, 0.3) is 0 Å². The van der Waals surface area contributed by atoms with Gasteiger partial charge in [0.15, 0.2) is 0 Å². The van der Waals surface area contributed by atoms with Crippen molar-refractivity contribution >= 4 is 39.3 Å². The minimum atomic E-state index is -0.740. The smallest absolute Gasteiger partial charge is 0.414 e. The first-order valence-corrected chi connectivity index (χ1v) is 6.29. The molecule has 1 aromatic heterocycles. The van der Waals surface area contributed by atoms with Gasteiger partial charge in [0.1, 0.15) is 5.60 Å². The molecule has 0 fully saturated rings. The van der Waals surface area contributed by atoms with Gasteiger partial charge in [-0.2, -0.15) is 11.3 Å². The van der Waals surface area contributed by atoms with Crippen molar-refractivity contribution in [3.05, 3.63) is 20.8 Å². The lowest BCUT2D eigenvalue weighted by Gasteiger charge is -2.19. The van der Waals surface area contributed by atoms with Crippen LogP contribution in [0.5, 0.6) is 0 Å². The summed E-state index contributed by atoms with van der Waals surface area (Å²) >= 11 is 4.59. The van der Waals surface area contributed by atoms with Crippen molar-refractivity contribution in [1.29, 1.82) is 0 Å². The number of nitrogens with one attached hydrogen (secondary N) is 1. The van der Waals surface area contributed by atoms with Gasteiger partial charge < -0.3 is 4.74 Å². The van der Waals surface area contributed by atoms with Crippen LogP contribution in [0.15, 0.2) is 15.2 Å². The predicted molar refractivity (Wildman–Crippen MR) is 65.7 cm³/mol. The van der Waals surface area contributed by atoms with Crippen molar-refractivity contribution in [2.24, 2.45) is 0 Å². The van der Waals surface area contributed by atoms with E-state index in [1.165, 1.54) is 11.3 Å². The first-order chi connectivity index (χ1) is 7.29. The van der Waals surface area contributed by atoms with Crippen LogP contribution in [-0.4, -0.2) is 17.6 Å². The molecule has 0 spiro atoms. The molecule has 0 aliphatic carbocycles. The molecule has 1 aromatic rings. The Balaban J connectivity index is 2.60. The van der Waals surface area contributed by atoms with Crippen molar-refractivity contribution < 1.29 is 14.3 Å². The standard InChI is InChI=1S/C10H12BrNO3S/c1-10(2,3)15-9(14)12-8(13)6-4-16-5-7(6)11/h4-5H,1-3H3,(H,12,13,14). The molecule has 0 radical (unpaired) electrons. The van der Waals surface area contributed by atoms with Crippen LogP contribution in [0.2, 0.25) is 0 Å². The third kappa shape index (κ3) is 3.94. The summed E-state index contributed by atoms with van der Waals surface area (Å²) in [5.41, 5.74) is -0.188. The van der Waals surface area contributed by atoms with Crippen molar-refractivity contribution in [1.82, 2.24) is 5.32 Å². The number of ether oxygens (including phenoxy) is 1. The molecular formula is C10H12BrNO3S. The number of halogens is 1. The summed E-state index contributed by atoms with van der Waals surface area (Å²) < 4.78 is 5.63. The van der Waals surface area contributed by atoms with E-state index in [-0.39, 0.29) is 0 Å². The molecule has 1 rings (SSSR count). The Labute approximate surface area is 106 Å². The number of alkyl carbamates (subject to hydrolysis) is 1. The second-order valence-corrected chi connectivity index (χ2v) is 5.69. The van der Waals surface area contributed by atoms with E-state index in [4.69, 9.17) is 4.74 Å². The van der Waals surface area contributed by atoms with E-state index in [9.17, 15) is 9.59 Å². The Hall–Kier alpha value is -0.880. The Morgan fingerprint density at radius 2 is 2.00 bits per heavy atom. The number of imide groups is 1. The van der Waals surface area contributed by atoms with E-state index in [2.05, 4.69) is 21.2 Å². The second kappa shape index (κ2) is 4.97. The highest BCUT2D eigenvalue weighted by molar-refractivity contribution is 9.10. The van der Waals surface area contributed by atoms with Crippen molar-refractivity contribution in [3.63, 3.8) is 0 Å². The maximum Gasteiger partial charge on any atom is 0.414 e. The van der Waals surface area contributed by atoms with Gasteiger partial charge in [0.25, 0.3) is 5.91 Å². The van der Waals surface area contributed by atoms with Gasteiger partial charge in [-0.25, -0.2) is 4.79 Å². The highest BCUT2D eigenvalue weighted by atomic mass is 79.9. The summed E-state index contributed by atoms with van der Waals surface area (Å²) in [6, 6.07) is 0. The summed E-state index contributed by atoms with van der Waals surface area (Å²) in [6.07, 6.45) is -0.740. The third-order valence-corrected chi connectivity index (χ3v) is 3.18. The zero-order valence-electron chi connectivity index (χ0n) is 9.17. The van der Waals surface area contributed by atoms with Gasteiger partial charge >= 0.3 is 6.09 Å². The molecular weight excluding hydrogens is 294 g/mol. The Morgan fingerprint density at radius 3 is 2.44 bits per heavy atom. The number of carbonyl (C=O) groups is 2. The van der Waals surface area contributed by atoms with Crippen molar-refractivity contribution in [3.8, 4) is 0 Å². The first kappa shape index (κ1) is 13.2. The summed E-state index contributed by atoms with van der Waals surface area (Å²) in [7, 11) is 0. The summed E-state index contributed by atoms with van der Waals surface area (Å²) in [4.78, 5) is 22.9. The Bertz CT molecular complexity index is 408. The molecule has 0 atom stereocenters. The van der Waals surface area contributed by atoms with E-state index in [0.717, 1.165) is 0 Å². The van der Waals surface area contributed by atoms with Crippen LogP contribution >= 0.6 is 27.3 Å². The Morgan fingerprint density at radius 1 is 1.38 bits per heavy atom. The molecule has 6 heteroatoms. The fraction of sp³-hybridized carbons (Fsp3) is 0.400. The lowest BCUT2D eigenvalue weighted by molar-refractivity contribution is 0.0508. The molecule has 0 unspecified atom stereocenters. The fourth-order valence-electron chi connectivity index (χ4n) is 0.907. The maximum atomic E-state index is 11.6. The van der Waals surface area contributed by atoms with Crippen LogP contribution in [-0.2, 0) is 4.74 Å². The SMILES string of the molecule is CC(C)(C)OC(=O)NC(=O)c1cscc1Br. The molecule has 0 aromatic carbocycles. The highest BCUT2D eigenvalue weighted by Gasteiger charge is 2.20. The van der Waals surface area contributed by atoms with Crippen LogP contribution in [0.3, 0.4) is 0 Å². The monoisotopic (exact) mass is 305 g/mol. The molecule has 0 aliphatic rings. The third-order valence-electron chi connectivity index (χ3n) is 1.47. The molecule has 4 nitrogen and oxygen atoms in total. The van der Waals surface area contributed by atoms with Crippen LogP contribution in [0, 0.1) is 0 Å². The molecule has 16 heavy (non-hydrogen) atoms. The average molecular weight is 306 g/mol. The number of rotatable bonds is 1. The molecule has 2 amide bonds. The molecule has 0 bridgehead atoms. The van der Waals surface area contributed by atoms with Crippen molar-refractivity contribution in [2.45, 2.75) is 26.4 Å². The van der Waals surface area contributed by atoms with E-state index in [1.807, 2.05) is 0 Å². The molecule has 0 saturated carbocycles.